The van der Waals surface area contributed by atoms with E-state index in [-0.39, 0.29) is 5.69 Å². The van der Waals surface area contributed by atoms with Crippen LogP contribution in [0.5, 0.6) is 0 Å². The lowest BCUT2D eigenvalue weighted by Crippen LogP contribution is -2.53. The fraction of sp³-hybridized carbons (Fsp3) is 0.462. The molecule has 20 heavy (non-hydrogen) atoms. The van der Waals surface area contributed by atoms with E-state index < -0.39 is 16.4 Å². The SMILES string of the molecule is CCNC(C)(CCSc1ccccc1[N+](=O)[O-])C(N)=O. The molecule has 1 rings (SSSR count). The predicted octanol–water partition coefficient (Wildman–Crippen LogP) is 1.93. The van der Waals surface area contributed by atoms with Gasteiger partial charge in [-0.25, -0.2) is 0 Å². The molecule has 0 heterocycles. The van der Waals surface area contributed by atoms with Crippen LogP contribution in [0.1, 0.15) is 20.3 Å². The highest BCUT2D eigenvalue weighted by atomic mass is 32.2. The second-order valence-corrected chi connectivity index (χ2v) is 5.69. The Morgan fingerprint density at radius 1 is 1.50 bits per heavy atom. The molecule has 1 amide bonds. The molecule has 0 radical (unpaired) electrons. The van der Waals surface area contributed by atoms with Crippen molar-refractivity contribution in [2.24, 2.45) is 5.73 Å². The van der Waals surface area contributed by atoms with Crippen molar-refractivity contribution in [1.29, 1.82) is 0 Å². The number of nitro benzene ring substituents is 1. The number of carbonyl (C=O) groups excluding carboxylic acids is 1. The van der Waals surface area contributed by atoms with Gasteiger partial charge in [0.2, 0.25) is 5.91 Å². The Bertz CT molecular complexity index is 496. The molecule has 0 aliphatic heterocycles. The third-order valence-corrected chi connectivity index (χ3v) is 4.10. The Morgan fingerprint density at radius 3 is 2.70 bits per heavy atom. The summed E-state index contributed by atoms with van der Waals surface area (Å²) in [5.74, 6) is 0.152. The quantitative estimate of drug-likeness (QED) is 0.434. The molecule has 0 spiro atoms. The lowest BCUT2D eigenvalue weighted by Gasteiger charge is -2.26. The maximum Gasteiger partial charge on any atom is 0.282 e. The normalized spacial score (nSPS) is 13.7. The summed E-state index contributed by atoms with van der Waals surface area (Å²) >= 11 is 1.36. The zero-order chi connectivity index (χ0) is 15.2. The predicted molar refractivity (Wildman–Crippen MR) is 79.7 cm³/mol. The zero-order valence-electron chi connectivity index (χ0n) is 11.6. The van der Waals surface area contributed by atoms with Gasteiger partial charge in [0.15, 0.2) is 0 Å². The molecule has 0 bridgehead atoms. The van der Waals surface area contributed by atoms with Crippen LogP contribution in [0.25, 0.3) is 0 Å². The van der Waals surface area contributed by atoms with E-state index in [0.29, 0.717) is 23.6 Å². The molecule has 0 aliphatic carbocycles. The first kappa shape index (κ1) is 16.5. The van der Waals surface area contributed by atoms with Gasteiger partial charge in [-0.3, -0.25) is 14.9 Å². The Kier molecular flexibility index (Phi) is 5.97. The summed E-state index contributed by atoms with van der Waals surface area (Å²) in [6.45, 7) is 4.28. The van der Waals surface area contributed by atoms with Gasteiger partial charge in [-0.1, -0.05) is 19.1 Å². The van der Waals surface area contributed by atoms with E-state index in [9.17, 15) is 14.9 Å². The van der Waals surface area contributed by atoms with Crippen molar-refractivity contribution in [2.45, 2.75) is 30.7 Å². The van der Waals surface area contributed by atoms with E-state index in [4.69, 9.17) is 5.73 Å². The molecule has 3 N–H and O–H groups in total. The van der Waals surface area contributed by atoms with Gasteiger partial charge in [0.05, 0.1) is 15.4 Å². The highest BCUT2D eigenvalue weighted by Crippen LogP contribution is 2.30. The van der Waals surface area contributed by atoms with Crippen molar-refractivity contribution in [2.75, 3.05) is 12.3 Å². The van der Waals surface area contributed by atoms with Crippen molar-refractivity contribution in [3.8, 4) is 0 Å². The van der Waals surface area contributed by atoms with Crippen molar-refractivity contribution in [3.05, 3.63) is 34.4 Å². The molecule has 0 saturated carbocycles. The number of hydrogen-bond donors (Lipinski definition) is 2. The number of thioether (sulfide) groups is 1. The number of carbonyl (C=O) groups is 1. The Balaban J connectivity index is 2.68. The topological polar surface area (TPSA) is 98.3 Å². The minimum atomic E-state index is -0.786. The maximum atomic E-state index is 11.5. The lowest BCUT2D eigenvalue weighted by atomic mass is 9.98. The van der Waals surface area contributed by atoms with E-state index in [1.165, 1.54) is 17.8 Å². The summed E-state index contributed by atoms with van der Waals surface area (Å²) in [4.78, 5) is 22.6. The van der Waals surface area contributed by atoms with Crippen molar-refractivity contribution < 1.29 is 9.72 Å². The van der Waals surface area contributed by atoms with Crippen molar-refractivity contribution in [3.63, 3.8) is 0 Å². The van der Waals surface area contributed by atoms with Crippen LogP contribution in [0.4, 0.5) is 5.69 Å². The fourth-order valence-electron chi connectivity index (χ4n) is 1.78. The lowest BCUT2D eigenvalue weighted by molar-refractivity contribution is -0.387. The smallest absolute Gasteiger partial charge is 0.282 e. The number of rotatable bonds is 8. The van der Waals surface area contributed by atoms with Crippen LogP contribution in [0.15, 0.2) is 29.2 Å². The minimum absolute atomic E-state index is 0.0849. The van der Waals surface area contributed by atoms with Gasteiger partial charge in [0.1, 0.15) is 0 Å². The number of nitro groups is 1. The number of primary amides is 1. The molecule has 110 valence electrons. The second-order valence-electron chi connectivity index (χ2n) is 4.55. The first-order valence-corrected chi connectivity index (χ1v) is 7.30. The molecule has 7 heteroatoms. The van der Waals surface area contributed by atoms with Crippen LogP contribution >= 0.6 is 11.8 Å². The summed E-state index contributed by atoms with van der Waals surface area (Å²) in [6, 6.07) is 6.57. The van der Waals surface area contributed by atoms with Crippen LogP contribution in [0.3, 0.4) is 0 Å². The zero-order valence-corrected chi connectivity index (χ0v) is 12.4. The van der Waals surface area contributed by atoms with Crippen LogP contribution in [-0.4, -0.2) is 28.7 Å². The highest BCUT2D eigenvalue weighted by molar-refractivity contribution is 7.99. The maximum absolute atomic E-state index is 11.5. The van der Waals surface area contributed by atoms with Gasteiger partial charge in [-0.05, 0) is 26.0 Å². The number of likely N-dealkylation sites (N-methyl/N-ethyl adjacent to an activating group) is 1. The average Bonchev–Trinajstić information content (AvgIpc) is 2.39. The molecule has 1 aromatic carbocycles. The molecule has 0 aliphatic rings. The average molecular weight is 297 g/mol. The van der Waals surface area contributed by atoms with Gasteiger partial charge >= 0.3 is 0 Å². The van der Waals surface area contributed by atoms with E-state index in [2.05, 4.69) is 5.32 Å². The number of amides is 1. The van der Waals surface area contributed by atoms with Gasteiger partial charge in [0, 0.05) is 11.8 Å². The van der Waals surface area contributed by atoms with E-state index >= 15 is 0 Å². The summed E-state index contributed by atoms with van der Waals surface area (Å²) in [5.41, 5.74) is 4.69. The van der Waals surface area contributed by atoms with Crippen molar-refractivity contribution >= 4 is 23.4 Å². The number of hydrogen-bond acceptors (Lipinski definition) is 5. The van der Waals surface area contributed by atoms with Gasteiger partial charge < -0.3 is 11.1 Å². The van der Waals surface area contributed by atoms with E-state index in [1.807, 2.05) is 6.92 Å². The number of nitrogens with one attached hydrogen (secondary N) is 1. The molecule has 1 atom stereocenters. The molecule has 0 saturated heterocycles. The van der Waals surface area contributed by atoms with Crippen LogP contribution < -0.4 is 11.1 Å². The number of nitrogens with two attached hydrogens (primary N) is 1. The number of benzene rings is 1. The van der Waals surface area contributed by atoms with E-state index in [0.717, 1.165) is 0 Å². The summed E-state index contributed by atoms with van der Waals surface area (Å²) in [7, 11) is 0. The Labute approximate surface area is 122 Å². The Hall–Kier alpha value is -1.60. The fourth-order valence-corrected chi connectivity index (χ4v) is 2.98. The van der Waals surface area contributed by atoms with Gasteiger partial charge in [0.25, 0.3) is 5.69 Å². The number of para-hydroxylation sites is 1. The summed E-state index contributed by atoms with van der Waals surface area (Å²) in [5, 5.41) is 14.0. The van der Waals surface area contributed by atoms with Gasteiger partial charge in [-0.2, -0.15) is 0 Å². The van der Waals surface area contributed by atoms with Gasteiger partial charge in [-0.15, -0.1) is 11.8 Å². The Morgan fingerprint density at radius 2 is 2.15 bits per heavy atom. The first-order chi connectivity index (χ1) is 9.40. The highest BCUT2D eigenvalue weighted by Gasteiger charge is 2.29. The minimum Gasteiger partial charge on any atom is -0.368 e. The molecular weight excluding hydrogens is 278 g/mol. The van der Waals surface area contributed by atoms with E-state index in [1.54, 1.807) is 25.1 Å². The summed E-state index contributed by atoms with van der Waals surface area (Å²) in [6.07, 6.45) is 0.507. The molecule has 1 unspecified atom stereocenters. The van der Waals surface area contributed by atoms with Crippen LogP contribution in [0.2, 0.25) is 0 Å². The third-order valence-electron chi connectivity index (χ3n) is 3.03. The molecular formula is C13H19N3O3S. The van der Waals surface area contributed by atoms with Crippen molar-refractivity contribution in [1.82, 2.24) is 5.32 Å². The molecule has 1 aromatic rings. The monoisotopic (exact) mass is 297 g/mol. The largest absolute Gasteiger partial charge is 0.368 e. The first-order valence-electron chi connectivity index (χ1n) is 6.32. The van der Waals surface area contributed by atoms with Crippen LogP contribution in [0, 0.1) is 10.1 Å². The van der Waals surface area contributed by atoms with Crippen LogP contribution in [-0.2, 0) is 4.79 Å². The standard InChI is InChI=1S/C13H19N3O3S/c1-3-15-13(2,12(14)17)8-9-20-11-7-5-4-6-10(11)16(18)19/h4-7,15H,3,8-9H2,1-2H3,(H2,14,17). The molecule has 0 fully saturated rings. The third kappa shape index (κ3) is 4.21. The molecule has 6 nitrogen and oxygen atoms in total. The summed E-state index contributed by atoms with van der Waals surface area (Å²) < 4.78 is 0. The second kappa shape index (κ2) is 7.25. The number of nitrogens with zero attached hydrogens (tertiary/aromatic N) is 1. The molecule has 0 aromatic heterocycles.